The molecule has 4 nitrogen and oxygen atoms in total. The first-order chi connectivity index (χ1) is 10.2. The summed E-state index contributed by atoms with van der Waals surface area (Å²) in [6, 6.07) is 4.62. The number of nitrogens with one attached hydrogen (secondary N) is 1. The lowest BCUT2D eigenvalue weighted by atomic mass is 10.1. The van der Waals surface area contributed by atoms with E-state index in [0.717, 1.165) is 43.0 Å². The number of anilines is 1. The van der Waals surface area contributed by atoms with Gasteiger partial charge in [0.15, 0.2) is 0 Å². The van der Waals surface area contributed by atoms with Crippen LogP contribution < -0.4 is 10.2 Å². The number of rotatable bonds is 8. The van der Waals surface area contributed by atoms with E-state index >= 15 is 0 Å². The van der Waals surface area contributed by atoms with Crippen LogP contribution in [-0.2, 0) is 6.54 Å². The van der Waals surface area contributed by atoms with Gasteiger partial charge in [0.2, 0.25) is 0 Å². The molecule has 2 rings (SSSR count). The maximum absolute atomic E-state index is 4.63. The monoisotopic (exact) mass is 304 g/mol. The molecule has 0 spiro atoms. The van der Waals surface area contributed by atoms with E-state index in [9.17, 15) is 0 Å². The molecule has 114 valence electrons. The van der Waals surface area contributed by atoms with Gasteiger partial charge in [0, 0.05) is 18.5 Å². The Morgan fingerprint density at radius 1 is 1.29 bits per heavy atom. The SMILES string of the molecule is CCCNC(CC)c1ccc(N(C)Cc2cscn2)cn1. The van der Waals surface area contributed by atoms with Gasteiger partial charge in [0.05, 0.1) is 35.3 Å². The van der Waals surface area contributed by atoms with Crippen molar-refractivity contribution in [1.29, 1.82) is 0 Å². The molecule has 21 heavy (non-hydrogen) atoms. The van der Waals surface area contributed by atoms with Crippen LogP contribution in [0.2, 0.25) is 0 Å². The standard InChI is InChI=1S/C16H24N4S/c1-4-8-17-15(5-2)16-7-6-14(9-18-16)20(3)10-13-11-21-12-19-13/h6-7,9,11-12,15,17H,4-5,8,10H2,1-3H3. The summed E-state index contributed by atoms with van der Waals surface area (Å²) in [7, 11) is 2.07. The zero-order valence-electron chi connectivity index (χ0n) is 13.0. The fraction of sp³-hybridized carbons (Fsp3) is 0.500. The van der Waals surface area contributed by atoms with Crippen molar-refractivity contribution in [3.8, 4) is 0 Å². The third-order valence-corrected chi connectivity index (χ3v) is 4.14. The van der Waals surface area contributed by atoms with E-state index in [4.69, 9.17) is 0 Å². The number of thiazole rings is 1. The van der Waals surface area contributed by atoms with Gasteiger partial charge in [-0.2, -0.15) is 0 Å². The average molecular weight is 304 g/mol. The summed E-state index contributed by atoms with van der Waals surface area (Å²) in [5, 5.41) is 5.62. The molecule has 2 aromatic heterocycles. The highest BCUT2D eigenvalue weighted by Crippen LogP contribution is 2.19. The van der Waals surface area contributed by atoms with Crippen molar-refractivity contribution in [3.63, 3.8) is 0 Å². The maximum Gasteiger partial charge on any atom is 0.0795 e. The van der Waals surface area contributed by atoms with Crippen LogP contribution in [0.4, 0.5) is 5.69 Å². The van der Waals surface area contributed by atoms with E-state index in [1.165, 1.54) is 0 Å². The summed E-state index contributed by atoms with van der Waals surface area (Å²) in [5.41, 5.74) is 5.21. The van der Waals surface area contributed by atoms with Gasteiger partial charge in [0.1, 0.15) is 0 Å². The fourth-order valence-corrected chi connectivity index (χ4v) is 2.81. The van der Waals surface area contributed by atoms with Crippen molar-refractivity contribution in [2.75, 3.05) is 18.5 Å². The van der Waals surface area contributed by atoms with Crippen molar-refractivity contribution in [1.82, 2.24) is 15.3 Å². The number of hydrogen-bond acceptors (Lipinski definition) is 5. The molecule has 0 aliphatic carbocycles. The van der Waals surface area contributed by atoms with Crippen molar-refractivity contribution in [3.05, 3.63) is 40.6 Å². The lowest BCUT2D eigenvalue weighted by molar-refractivity contribution is 0.507. The van der Waals surface area contributed by atoms with E-state index < -0.39 is 0 Å². The lowest BCUT2D eigenvalue weighted by Gasteiger charge is -2.20. The van der Waals surface area contributed by atoms with Gasteiger partial charge in [-0.05, 0) is 31.5 Å². The number of pyridine rings is 1. The summed E-state index contributed by atoms with van der Waals surface area (Å²) in [4.78, 5) is 11.1. The second-order valence-electron chi connectivity index (χ2n) is 5.19. The van der Waals surface area contributed by atoms with Gasteiger partial charge in [-0.15, -0.1) is 11.3 Å². The Hall–Kier alpha value is -1.46. The average Bonchev–Trinajstić information content (AvgIpc) is 3.01. The minimum Gasteiger partial charge on any atom is -0.367 e. The third kappa shape index (κ3) is 4.51. The third-order valence-electron chi connectivity index (χ3n) is 3.50. The Kier molecular flexibility index (Phi) is 6.14. The van der Waals surface area contributed by atoms with E-state index in [0.29, 0.717) is 6.04 Å². The molecule has 0 saturated heterocycles. The van der Waals surface area contributed by atoms with E-state index in [1.54, 1.807) is 11.3 Å². The summed E-state index contributed by atoms with van der Waals surface area (Å²) >= 11 is 1.63. The highest BCUT2D eigenvalue weighted by atomic mass is 32.1. The Morgan fingerprint density at radius 2 is 2.14 bits per heavy atom. The van der Waals surface area contributed by atoms with Crippen LogP contribution in [0.3, 0.4) is 0 Å². The van der Waals surface area contributed by atoms with Crippen LogP contribution >= 0.6 is 11.3 Å². The lowest BCUT2D eigenvalue weighted by Crippen LogP contribution is -2.23. The zero-order valence-corrected chi connectivity index (χ0v) is 13.9. The van der Waals surface area contributed by atoms with Crippen LogP contribution in [0.5, 0.6) is 0 Å². The second kappa shape index (κ2) is 8.10. The molecule has 0 saturated carbocycles. The molecule has 0 bridgehead atoms. The molecule has 0 aliphatic heterocycles. The van der Waals surface area contributed by atoms with Crippen molar-refractivity contribution in [2.45, 2.75) is 39.3 Å². The van der Waals surface area contributed by atoms with E-state index in [1.807, 2.05) is 11.7 Å². The smallest absolute Gasteiger partial charge is 0.0795 e. The molecular weight excluding hydrogens is 280 g/mol. The van der Waals surface area contributed by atoms with Gasteiger partial charge in [-0.3, -0.25) is 4.98 Å². The van der Waals surface area contributed by atoms with Crippen LogP contribution in [0.15, 0.2) is 29.2 Å². The van der Waals surface area contributed by atoms with Crippen molar-refractivity contribution >= 4 is 17.0 Å². The molecule has 5 heteroatoms. The van der Waals surface area contributed by atoms with Gasteiger partial charge in [0.25, 0.3) is 0 Å². The van der Waals surface area contributed by atoms with Crippen molar-refractivity contribution in [2.24, 2.45) is 0 Å². The quantitative estimate of drug-likeness (QED) is 0.808. The summed E-state index contributed by atoms with van der Waals surface area (Å²) in [5.74, 6) is 0. The summed E-state index contributed by atoms with van der Waals surface area (Å²) in [6.07, 6.45) is 4.16. The topological polar surface area (TPSA) is 41.0 Å². The van der Waals surface area contributed by atoms with E-state index in [2.05, 4.69) is 58.6 Å². The predicted octanol–water partition coefficient (Wildman–Crippen LogP) is 3.63. The number of aromatic nitrogens is 2. The Morgan fingerprint density at radius 3 is 2.71 bits per heavy atom. The van der Waals surface area contributed by atoms with Crippen LogP contribution in [0, 0.1) is 0 Å². The molecule has 1 atom stereocenters. The largest absolute Gasteiger partial charge is 0.367 e. The highest BCUT2D eigenvalue weighted by molar-refractivity contribution is 7.07. The maximum atomic E-state index is 4.63. The van der Waals surface area contributed by atoms with Gasteiger partial charge < -0.3 is 10.2 Å². The van der Waals surface area contributed by atoms with Crippen molar-refractivity contribution < 1.29 is 0 Å². The normalized spacial score (nSPS) is 12.3. The molecule has 0 aliphatic rings. The minimum atomic E-state index is 0.350. The first-order valence-electron chi connectivity index (χ1n) is 7.52. The molecule has 2 heterocycles. The minimum absolute atomic E-state index is 0.350. The molecular formula is C16H24N4S. The first-order valence-corrected chi connectivity index (χ1v) is 8.46. The van der Waals surface area contributed by atoms with Crippen LogP contribution in [0.25, 0.3) is 0 Å². The Labute approximate surface area is 131 Å². The second-order valence-corrected chi connectivity index (χ2v) is 5.91. The Bertz CT molecular complexity index is 510. The molecule has 0 amide bonds. The summed E-state index contributed by atoms with van der Waals surface area (Å²) in [6.45, 7) is 6.22. The molecule has 0 aromatic carbocycles. The van der Waals surface area contributed by atoms with Gasteiger partial charge >= 0.3 is 0 Å². The molecule has 0 radical (unpaired) electrons. The number of nitrogens with zero attached hydrogens (tertiary/aromatic N) is 3. The molecule has 0 fully saturated rings. The molecule has 2 aromatic rings. The van der Waals surface area contributed by atoms with Crippen LogP contribution in [0.1, 0.15) is 44.1 Å². The van der Waals surface area contributed by atoms with Gasteiger partial charge in [-0.1, -0.05) is 13.8 Å². The summed E-state index contributed by atoms with van der Waals surface area (Å²) < 4.78 is 0. The fourth-order valence-electron chi connectivity index (χ4n) is 2.26. The molecule has 1 N–H and O–H groups in total. The van der Waals surface area contributed by atoms with E-state index in [-0.39, 0.29) is 0 Å². The Balaban J connectivity index is 2.00. The number of hydrogen-bond donors (Lipinski definition) is 1. The molecule has 1 unspecified atom stereocenters. The first kappa shape index (κ1) is 15.9. The zero-order chi connectivity index (χ0) is 15.1. The van der Waals surface area contributed by atoms with Crippen LogP contribution in [-0.4, -0.2) is 23.6 Å². The van der Waals surface area contributed by atoms with Gasteiger partial charge in [-0.25, -0.2) is 4.98 Å². The predicted molar refractivity (Wildman–Crippen MR) is 89.8 cm³/mol. The highest BCUT2D eigenvalue weighted by Gasteiger charge is 2.10.